The first-order chi connectivity index (χ1) is 7.93. The molecule has 0 fully saturated rings. The molecule has 0 amide bonds. The second kappa shape index (κ2) is 8.60. The molecule has 0 aliphatic rings. The van der Waals surface area contributed by atoms with E-state index in [0.717, 1.165) is 12.1 Å². The van der Waals surface area contributed by atoms with Crippen LogP contribution in [0.25, 0.3) is 0 Å². The average molecular weight is 286 g/mol. The molecule has 0 heterocycles. The molecule has 1 atom stereocenters. The molecule has 1 aromatic carbocycles. The van der Waals surface area contributed by atoms with E-state index in [1.54, 1.807) is 7.11 Å². The van der Waals surface area contributed by atoms with Crippen LogP contribution in [0.15, 0.2) is 24.3 Å². The molecule has 0 aliphatic heterocycles. The van der Waals surface area contributed by atoms with E-state index in [1.807, 2.05) is 6.92 Å². The van der Waals surface area contributed by atoms with Crippen LogP contribution < -0.4 is 61.6 Å². The molecule has 0 saturated heterocycles. The van der Waals surface area contributed by atoms with Gasteiger partial charge in [-0.2, -0.15) is 0 Å². The Kier molecular flexibility index (Phi) is 8.83. The van der Waals surface area contributed by atoms with Crippen LogP contribution in [0.4, 0.5) is 12.9 Å². The summed E-state index contributed by atoms with van der Waals surface area (Å²) in [5.41, 5.74) is -0.609. The van der Waals surface area contributed by atoms with Crippen molar-refractivity contribution in [2.24, 2.45) is 0 Å². The number of ether oxygens (including phenoxy) is 2. The first kappa shape index (κ1) is 18.5. The smallest absolute Gasteiger partial charge is 0.491 e. The summed E-state index contributed by atoms with van der Waals surface area (Å²) >= 11 is 0. The summed E-state index contributed by atoms with van der Waals surface area (Å²) in [6, 6.07) is 4.76. The van der Waals surface area contributed by atoms with Crippen LogP contribution in [0.3, 0.4) is 0 Å². The Labute approximate surface area is 148 Å². The normalized spacial score (nSPS) is 12.7. The first-order valence-electron chi connectivity index (χ1n) is 5.39. The van der Waals surface area contributed by atoms with E-state index in [1.165, 1.54) is 12.1 Å². The van der Waals surface area contributed by atoms with Gasteiger partial charge >= 0.3 is 58.4 Å². The molecular formula is C11H15BF3KO2. The summed E-state index contributed by atoms with van der Waals surface area (Å²) in [5, 5.41) is 0. The zero-order valence-electron chi connectivity index (χ0n) is 10.8. The zero-order valence-corrected chi connectivity index (χ0v) is 14.0. The van der Waals surface area contributed by atoms with Gasteiger partial charge in [-0.1, -0.05) is 12.1 Å². The minimum atomic E-state index is -4.93. The number of rotatable bonds is 6. The molecule has 1 rings (SSSR count). The summed E-state index contributed by atoms with van der Waals surface area (Å²) in [7, 11) is 1.59. The Morgan fingerprint density at radius 2 is 1.72 bits per heavy atom. The van der Waals surface area contributed by atoms with Crippen LogP contribution >= 0.6 is 0 Å². The van der Waals surface area contributed by atoms with E-state index in [9.17, 15) is 12.9 Å². The Morgan fingerprint density at radius 3 is 2.17 bits per heavy atom. The molecule has 2 nitrogen and oxygen atoms in total. The van der Waals surface area contributed by atoms with Gasteiger partial charge in [0.05, 0.1) is 6.10 Å². The van der Waals surface area contributed by atoms with Gasteiger partial charge in [0.2, 0.25) is 0 Å². The molecule has 18 heavy (non-hydrogen) atoms. The van der Waals surface area contributed by atoms with E-state index in [0.29, 0.717) is 18.8 Å². The van der Waals surface area contributed by atoms with E-state index in [2.05, 4.69) is 0 Å². The molecule has 1 unspecified atom stereocenters. The van der Waals surface area contributed by atoms with E-state index >= 15 is 0 Å². The van der Waals surface area contributed by atoms with Crippen LogP contribution in [0.2, 0.25) is 0 Å². The van der Waals surface area contributed by atoms with Gasteiger partial charge in [-0.05, 0) is 19.1 Å². The molecule has 0 aromatic heterocycles. The Bertz CT molecular complexity index is 343. The number of halogens is 3. The minimum Gasteiger partial charge on any atom is -0.491 e. The van der Waals surface area contributed by atoms with Crippen molar-refractivity contribution < 1.29 is 73.8 Å². The third kappa shape index (κ3) is 6.58. The van der Waals surface area contributed by atoms with Crippen LogP contribution in [0.1, 0.15) is 13.3 Å². The SMILES string of the molecule is COCCC(C)Oc1ccc([B-](F)(F)F)cc1.[K+]. The van der Waals surface area contributed by atoms with Crippen molar-refractivity contribution in [2.45, 2.75) is 19.4 Å². The third-order valence-electron chi connectivity index (χ3n) is 2.32. The molecule has 7 heteroatoms. The number of hydrogen-bond acceptors (Lipinski definition) is 2. The van der Waals surface area contributed by atoms with Gasteiger partial charge in [-0.3, -0.25) is 0 Å². The van der Waals surface area contributed by atoms with E-state index in [-0.39, 0.29) is 57.5 Å². The van der Waals surface area contributed by atoms with Gasteiger partial charge in [0.25, 0.3) is 0 Å². The fourth-order valence-corrected chi connectivity index (χ4v) is 1.34. The predicted molar refractivity (Wildman–Crippen MR) is 61.7 cm³/mol. The second-order valence-corrected chi connectivity index (χ2v) is 3.85. The molecule has 0 spiro atoms. The average Bonchev–Trinajstić information content (AvgIpc) is 2.26. The topological polar surface area (TPSA) is 18.5 Å². The predicted octanol–water partition coefficient (Wildman–Crippen LogP) is -0.451. The number of benzene rings is 1. The van der Waals surface area contributed by atoms with Gasteiger partial charge in [0.1, 0.15) is 5.75 Å². The second-order valence-electron chi connectivity index (χ2n) is 3.85. The molecule has 0 radical (unpaired) electrons. The fourth-order valence-electron chi connectivity index (χ4n) is 1.34. The van der Waals surface area contributed by atoms with Crippen molar-refractivity contribution in [2.75, 3.05) is 13.7 Å². The van der Waals surface area contributed by atoms with Gasteiger partial charge in [0.15, 0.2) is 0 Å². The van der Waals surface area contributed by atoms with Crippen molar-refractivity contribution in [3.63, 3.8) is 0 Å². The summed E-state index contributed by atoms with van der Waals surface area (Å²) in [6.45, 7) is -2.52. The van der Waals surface area contributed by atoms with Crippen LogP contribution in [0.5, 0.6) is 5.75 Å². The van der Waals surface area contributed by atoms with Crippen molar-refractivity contribution >= 4 is 12.4 Å². The third-order valence-corrected chi connectivity index (χ3v) is 2.32. The molecule has 0 bridgehead atoms. The maximum atomic E-state index is 12.4. The van der Waals surface area contributed by atoms with Crippen molar-refractivity contribution in [3.05, 3.63) is 24.3 Å². The van der Waals surface area contributed by atoms with Gasteiger partial charge < -0.3 is 22.4 Å². The molecular weight excluding hydrogens is 271 g/mol. The van der Waals surface area contributed by atoms with E-state index < -0.39 is 12.4 Å². The quantitative estimate of drug-likeness (QED) is 0.660. The standard InChI is InChI=1S/C11H15BF3O2.K/c1-9(7-8-16-2)17-11-5-3-10(4-6-11)12(13,14)15;/h3-6,9H,7-8H2,1-2H3;/q-1;+1. The van der Waals surface area contributed by atoms with Crippen molar-refractivity contribution in [3.8, 4) is 5.75 Å². The fraction of sp³-hybridized carbons (Fsp3) is 0.455. The molecule has 0 N–H and O–H groups in total. The first-order valence-corrected chi connectivity index (χ1v) is 5.39. The summed E-state index contributed by atoms with van der Waals surface area (Å²) < 4.78 is 47.4. The Hall–Kier alpha value is 0.471. The monoisotopic (exact) mass is 286 g/mol. The molecule has 0 aliphatic carbocycles. The van der Waals surface area contributed by atoms with Gasteiger partial charge in [0, 0.05) is 20.1 Å². The largest absolute Gasteiger partial charge is 1.00 e. The van der Waals surface area contributed by atoms with Crippen LogP contribution in [0, 0.1) is 0 Å². The van der Waals surface area contributed by atoms with Crippen LogP contribution in [-0.4, -0.2) is 26.8 Å². The maximum Gasteiger partial charge on any atom is 1.00 e. The van der Waals surface area contributed by atoms with Crippen molar-refractivity contribution in [1.29, 1.82) is 0 Å². The summed E-state index contributed by atoms with van der Waals surface area (Å²) in [4.78, 5) is 0. The summed E-state index contributed by atoms with van der Waals surface area (Å²) in [6.07, 6.45) is 0.610. The van der Waals surface area contributed by atoms with Crippen LogP contribution in [-0.2, 0) is 4.74 Å². The van der Waals surface area contributed by atoms with Gasteiger partial charge in [-0.25, -0.2) is 0 Å². The Morgan fingerprint density at radius 1 is 1.17 bits per heavy atom. The molecule has 96 valence electrons. The summed E-state index contributed by atoms with van der Waals surface area (Å²) in [5.74, 6) is 0.442. The maximum absolute atomic E-state index is 12.4. The van der Waals surface area contributed by atoms with Gasteiger partial charge in [-0.15, -0.1) is 5.46 Å². The molecule has 0 saturated carbocycles. The zero-order chi connectivity index (χ0) is 12.9. The molecule has 1 aromatic rings. The van der Waals surface area contributed by atoms with Crippen molar-refractivity contribution in [1.82, 2.24) is 0 Å². The number of methoxy groups -OCH3 is 1. The Balaban J connectivity index is 0.00000289. The minimum absolute atomic E-state index is 0. The number of hydrogen-bond donors (Lipinski definition) is 0. The van der Waals surface area contributed by atoms with E-state index in [4.69, 9.17) is 9.47 Å².